The zero-order chi connectivity index (χ0) is 24.0. The zero-order valence-corrected chi connectivity index (χ0v) is 20.8. The highest BCUT2D eigenvalue weighted by atomic mass is 32.1. The van der Waals surface area contributed by atoms with Crippen molar-refractivity contribution in [3.8, 4) is 0 Å². The van der Waals surface area contributed by atoms with E-state index in [9.17, 15) is 9.59 Å². The largest absolute Gasteiger partial charge is 0.356 e. The van der Waals surface area contributed by atoms with E-state index in [2.05, 4.69) is 39.9 Å². The number of anilines is 2. The summed E-state index contributed by atoms with van der Waals surface area (Å²) in [4.78, 5) is 32.0. The normalized spacial score (nSPS) is 16.7. The van der Waals surface area contributed by atoms with Gasteiger partial charge in [0.1, 0.15) is 5.69 Å². The van der Waals surface area contributed by atoms with Crippen molar-refractivity contribution in [1.29, 1.82) is 0 Å². The smallest absolute Gasteiger partial charge is 0.273 e. The molecule has 0 radical (unpaired) electrons. The van der Waals surface area contributed by atoms with Crippen LogP contribution in [0.3, 0.4) is 0 Å². The molecule has 2 aromatic carbocycles. The molecule has 5 rings (SSSR count). The average Bonchev–Trinajstić information content (AvgIpc) is 3.38. The van der Waals surface area contributed by atoms with Crippen molar-refractivity contribution in [2.75, 3.05) is 25.0 Å². The predicted octanol–water partition coefficient (Wildman–Crippen LogP) is 5.90. The van der Waals surface area contributed by atoms with Crippen molar-refractivity contribution in [3.05, 3.63) is 65.2 Å². The Labute approximate surface area is 210 Å². The highest BCUT2D eigenvalue weighted by molar-refractivity contribution is 7.14. The van der Waals surface area contributed by atoms with Crippen LogP contribution < -0.4 is 10.6 Å². The van der Waals surface area contributed by atoms with Gasteiger partial charge in [0.05, 0.1) is 0 Å². The summed E-state index contributed by atoms with van der Waals surface area (Å²) in [5, 5.41) is 11.3. The van der Waals surface area contributed by atoms with Gasteiger partial charge in [-0.25, -0.2) is 4.98 Å². The van der Waals surface area contributed by atoms with Gasteiger partial charge in [0.25, 0.3) is 5.91 Å². The molecule has 35 heavy (non-hydrogen) atoms. The average molecular weight is 489 g/mol. The van der Waals surface area contributed by atoms with Crippen molar-refractivity contribution < 1.29 is 9.59 Å². The number of nitrogens with zero attached hydrogens (tertiary/aromatic N) is 2. The van der Waals surface area contributed by atoms with E-state index in [-0.39, 0.29) is 17.7 Å². The van der Waals surface area contributed by atoms with E-state index in [0.29, 0.717) is 36.8 Å². The summed E-state index contributed by atoms with van der Waals surface area (Å²) < 4.78 is 0. The summed E-state index contributed by atoms with van der Waals surface area (Å²) >= 11 is 1.43. The lowest BCUT2D eigenvalue weighted by molar-refractivity contribution is -0.126. The number of fused-ring (bicyclic) bond motifs is 1. The van der Waals surface area contributed by atoms with Gasteiger partial charge in [0, 0.05) is 42.0 Å². The van der Waals surface area contributed by atoms with E-state index < -0.39 is 0 Å². The van der Waals surface area contributed by atoms with Crippen LogP contribution >= 0.6 is 11.3 Å². The first-order valence-electron chi connectivity index (χ1n) is 12.6. The number of piperidine rings is 1. The number of aromatic nitrogens is 1. The minimum absolute atomic E-state index is 0.0154. The van der Waals surface area contributed by atoms with Gasteiger partial charge in [0.2, 0.25) is 5.91 Å². The van der Waals surface area contributed by atoms with Crippen molar-refractivity contribution in [3.63, 3.8) is 0 Å². The highest BCUT2D eigenvalue weighted by Crippen LogP contribution is 2.29. The molecule has 2 amide bonds. The lowest BCUT2D eigenvalue weighted by Crippen LogP contribution is -2.43. The summed E-state index contributed by atoms with van der Waals surface area (Å²) in [5.41, 5.74) is 2.92. The third-order valence-electron chi connectivity index (χ3n) is 7.04. The van der Waals surface area contributed by atoms with E-state index in [1.54, 1.807) is 0 Å². The molecule has 1 aliphatic carbocycles. The number of allylic oxidation sites excluding steroid dienone is 1. The van der Waals surface area contributed by atoms with Crippen molar-refractivity contribution in [2.24, 2.45) is 5.92 Å². The lowest BCUT2D eigenvalue weighted by atomic mass is 9.95. The molecular weight excluding hydrogens is 456 g/mol. The molecule has 2 N–H and O–H groups in total. The fourth-order valence-electron chi connectivity index (χ4n) is 5.01. The lowest BCUT2D eigenvalue weighted by Gasteiger charge is -2.31. The Bertz CT molecular complexity index is 1220. The first kappa shape index (κ1) is 23.5. The number of rotatable bonds is 7. The van der Waals surface area contributed by atoms with Gasteiger partial charge in [0.15, 0.2) is 5.13 Å². The molecule has 1 aromatic heterocycles. The first-order valence-corrected chi connectivity index (χ1v) is 13.5. The molecule has 1 fully saturated rings. The SMILES string of the molecule is O=C(NCCC1=CCCCC1)C1CCN(C(=O)c2csc(Nc3cccc4ccccc34)n2)CC1. The van der Waals surface area contributed by atoms with Gasteiger partial charge in [-0.3, -0.25) is 9.59 Å². The van der Waals surface area contributed by atoms with Crippen LogP contribution in [0.15, 0.2) is 59.5 Å². The summed E-state index contributed by atoms with van der Waals surface area (Å²) in [6, 6.07) is 14.3. The van der Waals surface area contributed by atoms with Crippen molar-refractivity contribution in [2.45, 2.75) is 44.9 Å². The second kappa shape index (κ2) is 11.0. The Morgan fingerprint density at radius 3 is 2.71 bits per heavy atom. The van der Waals surface area contributed by atoms with Crippen LogP contribution in [0.4, 0.5) is 10.8 Å². The summed E-state index contributed by atoms with van der Waals surface area (Å²) in [5.74, 6) is 0.0532. The summed E-state index contributed by atoms with van der Waals surface area (Å²) in [7, 11) is 0. The Balaban J connectivity index is 1.11. The number of carbonyl (C=O) groups excluding carboxylic acids is 2. The second-order valence-electron chi connectivity index (χ2n) is 9.41. The number of amides is 2. The highest BCUT2D eigenvalue weighted by Gasteiger charge is 2.28. The maximum Gasteiger partial charge on any atom is 0.273 e. The number of carbonyl (C=O) groups is 2. The van der Waals surface area contributed by atoms with Gasteiger partial charge in [-0.1, -0.05) is 48.0 Å². The zero-order valence-electron chi connectivity index (χ0n) is 20.0. The second-order valence-corrected chi connectivity index (χ2v) is 10.3. The molecule has 0 bridgehead atoms. The van der Waals surface area contributed by atoms with Crippen LogP contribution in [0.25, 0.3) is 10.8 Å². The minimum atomic E-state index is -0.0599. The Kier molecular flexibility index (Phi) is 7.42. The van der Waals surface area contributed by atoms with Crippen LogP contribution in [-0.4, -0.2) is 41.3 Å². The van der Waals surface area contributed by atoms with E-state index in [1.165, 1.54) is 42.6 Å². The van der Waals surface area contributed by atoms with Gasteiger partial charge in [-0.2, -0.15) is 0 Å². The van der Waals surface area contributed by atoms with Gasteiger partial charge < -0.3 is 15.5 Å². The fraction of sp³-hybridized carbons (Fsp3) is 0.393. The molecule has 7 heteroatoms. The third kappa shape index (κ3) is 5.73. The van der Waals surface area contributed by atoms with Crippen LogP contribution in [0.1, 0.15) is 55.4 Å². The molecule has 1 saturated heterocycles. The molecule has 182 valence electrons. The number of thiazole rings is 1. The van der Waals surface area contributed by atoms with Crippen LogP contribution in [-0.2, 0) is 4.79 Å². The van der Waals surface area contributed by atoms with Crippen LogP contribution in [0, 0.1) is 5.92 Å². The minimum Gasteiger partial charge on any atom is -0.356 e. The maximum absolute atomic E-state index is 13.0. The van der Waals surface area contributed by atoms with Crippen LogP contribution in [0.5, 0.6) is 0 Å². The quantitative estimate of drug-likeness (QED) is 0.406. The monoisotopic (exact) mass is 488 g/mol. The van der Waals surface area contributed by atoms with E-state index in [0.717, 1.165) is 29.4 Å². The molecule has 0 unspecified atom stereocenters. The standard InChI is InChI=1S/C28H32N4O2S/c33-26(29-16-13-20-7-2-1-3-8-20)22-14-17-32(18-15-22)27(34)25-19-35-28(31-25)30-24-12-6-10-21-9-4-5-11-23(21)24/h4-7,9-12,19,22H,1-3,8,13-18H2,(H,29,33)(H,30,31). The van der Waals surface area contributed by atoms with Gasteiger partial charge in [-0.15, -0.1) is 11.3 Å². The number of hydrogen-bond acceptors (Lipinski definition) is 5. The maximum atomic E-state index is 13.0. The van der Waals surface area contributed by atoms with Gasteiger partial charge >= 0.3 is 0 Å². The Hall–Kier alpha value is -3.19. The predicted molar refractivity (Wildman–Crippen MR) is 142 cm³/mol. The topological polar surface area (TPSA) is 74.3 Å². The number of hydrogen-bond donors (Lipinski definition) is 2. The number of likely N-dealkylation sites (tertiary alicyclic amines) is 1. The molecule has 3 aromatic rings. The molecule has 1 aliphatic heterocycles. The Morgan fingerprint density at radius 2 is 1.89 bits per heavy atom. The molecule has 0 saturated carbocycles. The van der Waals surface area contributed by atoms with E-state index in [1.807, 2.05) is 34.5 Å². The van der Waals surface area contributed by atoms with Crippen molar-refractivity contribution in [1.82, 2.24) is 15.2 Å². The number of nitrogens with one attached hydrogen (secondary N) is 2. The molecule has 6 nitrogen and oxygen atoms in total. The van der Waals surface area contributed by atoms with E-state index in [4.69, 9.17) is 0 Å². The fourth-order valence-corrected chi connectivity index (χ4v) is 5.70. The summed E-state index contributed by atoms with van der Waals surface area (Å²) in [6.07, 6.45) is 9.60. The summed E-state index contributed by atoms with van der Waals surface area (Å²) in [6.45, 7) is 1.90. The van der Waals surface area contributed by atoms with Crippen molar-refractivity contribution >= 4 is 44.7 Å². The van der Waals surface area contributed by atoms with Crippen LogP contribution in [0.2, 0.25) is 0 Å². The first-order chi connectivity index (χ1) is 17.2. The molecular formula is C28H32N4O2S. The number of benzene rings is 2. The van der Waals surface area contributed by atoms with E-state index >= 15 is 0 Å². The molecule has 0 atom stereocenters. The van der Waals surface area contributed by atoms with Gasteiger partial charge in [-0.05, 0) is 56.4 Å². The molecule has 2 heterocycles. The molecule has 0 spiro atoms. The molecule has 2 aliphatic rings. The Morgan fingerprint density at radius 1 is 1.06 bits per heavy atom. The third-order valence-corrected chi connectivity index (χ3v) is 7.80.